The van der Waals surface area contributed by atoms with Crippen molar-refractivity contribution in [1.82, 2.24) is 15.0 Å². The predicted molar refractivity (Wildman–Crippen MR) is 92.4 cm³/mol. The molecule has 0 radical (unpaired) electrons. The molecular weight excluding hydrogens is 336 g/mol. The van der Waals surface area contributed by atoms with Crippen LogP contribution in [0.2, 0.25) is 0 Å². The maximum Gasteiger partial charge on any atom is 0.290 e. The smallest absolute Gasteiger partial charge is 0.290 e. The van der Waals surface area contributed by atoms with Gasteiger partial charge in [-0.1, -0.05) is 17.3 Å². The molecule has 3 rings (SSSR count). The van der Waals surface area contributed by atoms with E-state index in [9.17, 15) is 9.59 Å². The van der Waals surface area contributed by atoms with Gasteiger partial charge in [-0.05, 0) is 43.9 Å². The standard InChI is InChI=1S/C18H22N4O4/c1-12-5-2-6-13(11-12)25-10-4-8-15(23)22-9-3-7-14(22)18-20-17(16(19)24)21-26-18/h2,5-6,11,14H,3-4,7-10H2,1H3,(H2,19,24)/t14-/m0/s1. The highest BCUT2D eigenvalue weighted by Gasteiger charge is 2.34. The summed E-state index contributed by atoms with van der Waals surface area (Å²) >= 11 is 0. The first kappa shape index (κ1) is 17.9. The molecule has 1 atom stereocenters. The van der Waals surface area contributed by atoms with E-state index >= 15 is 0 Å². The Kier molecular flexibility index (Phi) is 5.50. The van der Waals surface area contributed by atoms with Crippen molar-refractivity contribution in [2.24, 2.45) is 5.73 Å². The number of nitrogens with zero attached hydrogens (tertiary/aromatic N) is 3. The molecule has 1 aliphatic rings. The van der Waals surface area contributed by atoms with Crippen molar-refractivity contribution in [1.29, 1.82) is 0 Å². The minimum absolute atomic E-state index is 0.0131. The molecule has 26 heavy (non-hydrogen) atoms. The van der Waals surface area contributed by atoms with Crippen LogP contribution in [0.15, 0.2) is 28.8 Å². The highest BCUT2D eigenvalue weighted by molar-refractivity contribution is 5.88. The van der Waals surface area contributed by atoms with Crippen LogP contribution >= 0.6 is 0 Å². The van der Waals surface area contributed by atoms with E-state index in [4.69, 9.17) is 15.0 Å². The quantitative estimate of drug-likeness (QED) is 0.758. The Hall–Kier alpha value is -2.90. The van der Waals surface area contributed by atoms with Gasteiger partial charge < -0.3 is 19.9 Å². The number of nitrogens with two attached hydrogens (primary N) is 1. The molecule has 0 bridgehead atoms. The number of hydrogen-bond donors (Lipinski definition) is 1. The second kappa shape index (κ2) is 7.99. The lowest BCUT2D eigenvalue weighted by Gasteiger charge is -2.21. The molecule has 138 valence electrons. The van der Waals surface area contributed by atoms with Gasteiger partial charge in [-0.2, -0.15) is 4.98 Å². The van der Waals surface area contributed by atoms with E-state index in [0.29, 0.717) is 26.0 Å². The summed E-state index contributed by atoms with van der Waals surface area (Å²) in [5, 5.41) is 3.55. The zero-order valence-electron chi connectivity index (χ0n) is 14.7. The van der Waals surface area contributed by atoms with Crippen LogP contribution in [0.3, 0.4) is 0 Å². The van der Waals surface area contributed by atoms with Gasteiger partial charge in [-0.3, -0.25) is 9.59 Å². The number of carbonyl (C=O) groups is 2. The number of hydrogen-bond acceptors (Lipinski definition) is 6. The lowest BCUT2D eigenvalue weighted by molar-refractivity contribution is -0.132. The molecule has 2 heterocycles. The van der Waals surface area contributed by atoms with E-state index in [2.05, 4.69) is 10.1 Å². The van der Waals surface area contributed by atoms with Crippen molar-refractivity contribution in [3.05, 3.63) is 41.5 Å². The molecule has 1 saturated heterocycles. The van der Waals surface area contributed by atoms with Crippen LogP contribution in [0.5, 0.6) is 5.75 Å². The molecule has 2 N–H and O–H groups in total. The van der Waals surface area contributed by atoms with Gasteiger partial charge in [0.25, 0.3) is 11.7 Å². The zero-order valence-corrected chi connectivity index (χ0v) is 14.7. The summed E-state index contributed by atoms with van der Waals surface area (Å²) in [5.41, 5.74) is 6.27. The highest BCUT2D eigenvalue weighted by atomic mass is 16.5. The fraction of sp³-hybridized carbons (Fsp3) is 0.444. The predicted octanol–water partition coefficient (Wildman–Crippen LogP) is 2.00. The van der Waals surface area contributed by atoms with Gasteiger partial charge in [0.2, 0.25) is 11.8 Å². The first-order valence-electron chi connectivity index (χ1n) is 8.67. The van der Waals surface area contributed by atoms with Crippen LogP contribution in [0.4, 0.5) is 0 Å². The third kappa shape index (κ3) is 4.19. The van der Waals surface area contributed by atoms with Gasteiger partial charge >= 0.3 is 0 Å². The Morgan fingerprint density at radius 3 is 3.00 bits per heavy atom. The summed E-state index contributed by atoms with van der Waals surface area (Å²) in [6.07, 6.45) is 2.57. The van der Waals surface area contributed by atoms with Crippen molar-refractivity contribution in [2.75, 3.05) is 13.2 Å². The van der Waals surface area contributed by atoms with Crippen LogP contribution in [-0.2, 0) is 4.79 Å². The van der Waals surface area contributed by atoms with Gasteiger partial charge in [-0.15, -0.1) is 0 Å². The Morgan fingerprint density at radius 2 is 2.27 bits per heavy atom. The first-order valence-corrected chi connectivity index (χ1v) is 8.67. The normalized spacial score (nSPS) is 16.7. The third-order valence-corrected chi connectivity index (χ3v) is 4.31. The molecule has 8 heteroatoms. The average molecular weight is 358 g/mol. The van der Waals surface area contributed by atoms with Crippen LogP contribution in [0, 0.1) is 6.92 Å². The Balaban J connectivity index is 1.50. The van der Waals surface area contributed by atoms with Crippen molar-refractivity contribution in [2.45, 2.75) is 38.6 Å². The number of ether oxygens (including phenoxy) is 1. The Bertz CT molecular complexity index is 789. The molecule has 1 aromatic heterocycles. The number of carbonyl (C=O) groups excluding carboxylic acids is 2. The van der Waals surface area contributed by atoms with E-state index in [-0.39, 0.29) is 23.7 Å². The summed E-state index contributed by atoms with van der Waals surface area (Å²) in [7, 11) is 0. The van der Waals surface area contributed by atoms with E-state index in [1.54, 1.807) is 4.90 Å². The fourth-order valence-electron chi connectivity index (χ4n) is 3.05. The zero-order chi connectivity index (χ0) is 18.5. The number of benzene rings is 1. The lowest BCUT2D eigenvalue weighted by atomic mass is 10.2. The first-order chi connectivity index (χ1) is 12.5. The topological polar surface area (TPSA) is 112 Å². The van der Waals surface area contributed by atoms with Crippen LogP contribution in [0.25, 0.3) is 0 Å². The molecule has 2 amide bonds. The maximum atomic E-state index is 12.5. The highest BCUT2D eigenvalue weighted by Crippen LogP contribution is 2.31. The molecule has 0 unspecified atom stereocenters. The third-order valence-electron chi connectivity index (χ3n) is 4.31. The number of amides is 2. The summed E-state index contributed by atoms with van der Waals surface area (Å²) in [5.74, 6) is 0.177. The molecular formula is C18H22N4O4. The van der Waals surface area contributed by atoms with Crippen LogP contribution in [0.1, 0.15) is 53.8 Å². The van der Waals surface area contributed by atoms with Gasteiger partial charge in [0, 0.05) is 13.0 Å². The molecule has 1 aliphatic heterocycles. The molecule has 8 nitrogen and oxygen atoms in total. The SMILES string of the molecule is Cc1cccc(OCCCC(=O)N2CCC[C@H]2c2nc(C(N)=O)no2)c1. The molecule has 1 fully saturated rings. The molecule has 1 aromatic carbocycles. The fourth-order valence-corrected chi connectivity index (χ4v) is 3.05. The monoisotopic (exact) mass is 358 g/mol. The summed E-state index contributed by atoms with van der Waals surface area (Å²) in [4.78, 5) is 29.3. The minimum atomic E-state index is -0.746. The van der Waals surface area contributed by atoms with Crippen LogP contribution < -0.4 is 10.5 Å². The minimum Gasteiger partial charge on any atom is -0.494 e. The van der Waals surface area contributed by atoms with Gasteiger partial charge in [0.15, 0.2) is 0 Å². The van der Waals surface area contributed by atoms with Crippen molar-refractivity contribution in [3.63, 3.8) is 0 Å². The molecule has 2 aromatic rings. The second-order valence-corrected chi connectivity index (χ2v) is 6.33. The van der Waals surface area contributed by atoms with E-state index in [1.807, 2.05) is 31.2 Å². The molecule has 0 saturated carbocycles. The average Bonchev–Trinajstić information content (AvgIpc) is 3.27. The van der Waals surface area contributed by atoms with Gasteiger partial charge in [0.05, 0.1) is 6.61 Å². The van der Waals surface area contributed by atoms with Crippen molar-refractivity contribution < 1.29 is 18.8 Å². The molecule has 0 aliphatic carbocycles. The Labute approximate surface area is 151 Å². The second-order valence-electron chi connectivity index (χ2n) is 6.33. The van der Waals surface area contributed by atoms with Crippen molar-refractivity contribution >= 4 is 11.8 Å². The largest absolute Gasteiger partial charge is 0.494 e. The number of rotatable bonds is 7. The van der Waals surface area contributed by atoms with E-state index in [0.717, 1.165) is 24.2 Å². The van der Waals surface area contributed by atoms with Crippen LogP contribution in [-0.4, -0.2) is 40.0 Å². The van der Waals surface area contributed by atoms with E-state index in [1.165, 1.54) is 0 Å². The summed E-state index contributed by atoms with van der Waals surface area (Å²) < 4.78 is 10.8. The number of aryl methyl sites for hydroxylation is 1. The summed E-state index contributed by atoms with van der Waals surface area (Å²) in [6, 6.07) is 7.52. The number of aromatic nitrogens is 2. The van der Waals surface area contributed by atoms with Gasteiger partial charge in [-0.25, -0.2) is 0 Å². The Morgan fingerprint density at radius 1 is 1.42 bits per heavy atom. The number of likely N-dealkylation sites (tertiary alicyclic amines) is 1. The lowest BCUT2D eigenvalue weighted by Crippen LogP contribution is -2.30. The van der Waals surface area contributed by atoms with Crippen molar-refractivity contribution in [3.8, 4) is 5.75 Å². The summed E-state index contributed by atoms with van der Waals surface area (Å²) in [6.45, 7) is 3.11. The molecule has 0 spiro atoms. The maximum absolute atomic E-state index is 12.5. The van der Waals surface area contributed by atoms with Gasteiger partial charge in [0.1, 0.15) is 11.8 Å². The van der Waals surface area contributed by atoms with E-state index < -0.39 is 5.91 Å². The number of primary amides is 1.